The molecular formula is C10H16N2O3S. The number of nitrogens with one attached hydrogen (secondary N) is 1. The van der Waals surface area contributed by atoms with Crippen molar-refractivity contribution in [2.75, 3.05) is 6.61 Å². The summed E-state index contributed by atoms with van der Waals surface area (Å²) in [6.45, 7) is 3.45. The molecule has 6 heteroatoms. The number of pyridine rings is 1. The molecule has 0 aromatic carbocycles. The zero-order valence-corrected chi connectivity index (χ0v) is 10.1. The molecule has 0 aliphatic carbocycles. The van der Waals surface area contributed by atoms with Crippen molar-refractivity contribution in [1.82, 2.24) is 9.71 Å². The molecule has 1 rings (SSSR count). The SMILES string of the molecule is CC(C)[C@@H](CO)NS(=O)(=O)c1cccnc1. The molecule has 1 atom stereocenters. The summed E-state index contributed by atoms with van der Waals surface area (Å²) >= 11 is 0. The number of hydrogen-bond acceptors (Lipinski definition) is 4. The first-order valence-electron chi connectivity index (χ1n) is 5.00. The normalized spacial score (nSPS) is 14.0. The van der Waals surface area contributed by atoms with Crippen molar-refractivity contribution >= 4 is 10.0 Å². The Bertz CT molecular complexity index is 417. The molecule has 0 aliphatic rings. The van der Waals surface area contributed by atoms with Gasteiger partial charge in [-0.2, -0.15) is 0 Å². The quantitative estimate of drug-likeness (QED) is 0.784. The maximum Gasteiger partial charge on any atom is 0.242 e. The molecule has 1 aromatic heterocycles. The standard InChI is InChI=1S/C10H16N2O3S/c1-8(2)10(7-13)12-16(14,15)9-4-3-5-11-6-9/h3-6,8,10,12-13H,7H2,1-2H3/t10-/m1/s1. The number of aliphatic hydroxyl groups excluding tert-OH is 1. The van der Waals surface area contributed by atoms with Gasteiger partial charge in [0, 0.05) is 18.4 Å². The van der Waals surface area contributed by atoms with Gasteiger partial charge in [-0.05, 0) is 18.1 Å². The molecule has 0 spiro atoms. The van der Waals surface area contributed by atoms with E-state index in [0.717, 1.165) is 0 Å². The van der Waals surface area contributed by atoms with Crippen LogP contribution in [0.25, 0.3) is 0 Å². The van der Waals surface area contributed by atoms with Gasteiger partial charge in [0.2, 0.25) is 10.0 Å². The summed E-state index contributed by atoms with van der Waals surface area (Å²) in [6, 6.07) is 2.53. The van der Waals surface area contributed by atoms with E-state index in [-0.39, 0.29) is 17.4 Å². The van der Waals surface area contributed by atoms with E-state index in [0.29, 0.717) is 0 Å². The Labute approximate surface area is 95.6 Å². The zero-order chi connectivity index (χ0) is 12.2. The lowest BCUT2D eigenvalue weighted by atomic mass is 10.1. The van der Waals surface area contributed by atoms with Crippen molar-refractivity contribution in [3.05, 3.63) is 24.5 Å². The smallest absolute Gasteiger partial charge is 0.242 e. The highest BCUT2D eigenvalue weighted by atomic mass is 32.2. The predicted molar refractivity (Wildman–Crippen MR) is 60.3 cm³/mol. The summed E-state index contributed by atoms with van der Waals surface area (Å²) in [6.07, 6.45) is 2.78. The van der Waals surface area contributed by atoms with Crippen LogP contribution >= 0.6 is 0 Å². The molecule has 0 saturated carbocycles. The van der Waals surface area contributed by atoms with Crippen LogP contribution in [-0.2, 0) is 10.0 Å². The Balaban J connectivity index is 2.88. The van der Waals surface area contributed by atoms with Crippen LogP contribution in [-0.4, -0.2) is 31.2 Å². The molecule has 0 aliphatic heterocycles. The van der Waals surface area contributed by atoms with Gasteiger partial charge in [0.1, 0.15) is 4.90 Å². The zero-order valence-electron chi connectivity index (χ0n) is 9.29. The molecule has 0 amide bonds. The maximum absolute atomic E-state index is 11.8. The molecule has 90 valence electrons. The van der Waals surface area contributed by atoms with Gasteiger partial charge in [-0.15, -0.1) is 0 Å². The fourth-order valence-electron chi connectivity index (χ4n) is 1.16. The van der Waals surface area contributed by atoms with Crippen LogP contribution in [0.4, 0.5) is 0 Å². The number of aliphatic hydroxyl groups is 1. The lowest BCUT2D eigenvalue weighted by molar-refractivity contribution is 0.227. The lowest BCUT2D eigenvalue weighted by Crippen LogP contribution is -2.41. The maximum atomic E-state index is 11.8. The van der Waals surface area contributed by atoms with E-state index >= 15 is 0 Å². The molecule has 1 heterocycles. The Morgan fingerprint density at radius 1 is 1.50 bits per heavy atom. The average Bonchev–Trinajstić information content (AvgIpc) is 2.27. The second-order valence-corrected chi connectivity index (χ2v) is 5.56. The Morgan fingerprint density at radius 2 is 2.19 bits per heavy atom. The molecule has 2 N–H and O–H groups in total. The van der Waals surface area contributed by atoms with E-state index < -0.39 is 16.1 Å². The second kappa shape index (κ2) is 5.38. The van der Waals surface area contributed by atoms with Crippen molar-refractivity contribution < 1.29 is 13.5 Å². The van der Waals surface area contributed by atoms with Gasteiger partial charge in [0.15, 0.2) is 0 Å². The van der Waals surface area contributed by atoms with Crippen LogP contribution in [0.5, 0.6) is 0 Å². The third kappa shape index (κ3) is 3.26. The molecule has 1 aromatic rings. The highest BCUT2D eigenvalue weighted by Gasteiger charge is 2.21. The van der Waals surface area contributed by atoms with Crippen LogP contribution in [0.3, 0.4) is 0 Å². The van der Waals surface area contributed by atoms with E-state index in [1.165, 1.54) is 18.5 Å². The third-order valence-corrected chi connectivity index (χ3v) is 3.73. The number of rotatable bonds is 5. The summed E-state index contributed by atoms with van der Waals surface area (Å²) in [5.74, 6) is 0.0245. The van der Waals surface area contributed by atoms with Gasteiger partial charge in [0.25, 0.3) is 0 Å². The lowest BCUT2D eigenvalue weighted by Gasteiger charge is -2.19. The van der Waals surface area contributed by atoms with E-state index in [4.69, 9.17) is 5.11 Å². The molecule has 0 saturated heterocycles. The molecule has 0 bridgehead atoms. The van der Waals surface area contributed by atoms with Crippen molar-refractivity contribution in [1.29, 1.82) is 0 Å². The number of sulfonamides is 1. The first-order chi connectivity index (χ1) is 7.47. The van der Waals surface area contributed by atoms with Gasteiger partial charge in [-0.1, -0.05) is 13.8 Å². The minimum Gasteiger partial charge on any atom is -0.395 e. The molecule has 0 fully saturated rings. The fraction of sp³-hybridized carbons (Fsp3) is 0.500. The Morgan fingerprint density at radius 3 is 2.62 bits per heavy atom. The Kier molecular flexibility index (Phi) is 4.40. The van der Waals surface area contributed by atoms with Gasteiger partial charge in [0.05, 0.1) is 6.61 Å². The van der Waals surface area contributed by atoms with Crippen LogP contribution in [0.2, 0.25) is 0 Å². The number of hydrogen-bond donors (Lipinski definition) is 2. The number of aromatic nitrogens is 1. The van der Waals surface area contributed by atoms with Crippen LogP contribution in [0.1, 0.15) is 13.8 Å². The molecule has 16 heavy (non-hydrogen) atoms. The van der Waals surface area contributed by atoms with Crippen molar-refractivity contribution in [3.63, 3.8) is 0 Å². The van der Waals surface area contributed by atoms with Gasteiger partial charge in [-0.25, -0.2) is 13.1 Å². The van der Waals surface area contributed by atoms with Gasteiger partial charge < -0.3 is 5.11 Å². The molecule has 5 nitrogen and oxygen atoms in total. The van der Waals surface area contributed by atoms with Crippen LogP contribution in [0.15, 0.2) is 29.4 Å². The van der Waals surface area contributed by atoms with Gasteiger partial charge >= 0.3 is 0 Å². The summed E-state index contributed by atoms with van der Waals surface area (Å²) in [4.78, 5) is 3.85. The summed E-state index contributed by atoms with van der Waals surface area (Å²) in [5.41, 5.74) is 0. The summed E-state index contributed by atoms with van der Waals surface area (Å²) in [5, 5.41) is 9.06. The highest BCUT2D eigenvalue weighted by molar-refractivity contribution is 7.89. The number of nitrogens with zero attached hydrogens (tertiary/aromatic N) is 1. The molecule has 0 radical (unpaired) electrons. The highest BCUT2D eigenvalue weighted by Crippen LogP contribution is 2.09. The minimum atomic E-state index is -3.59. The van der Waals surface area contributed by atoms with Crippen molar-refractivity contribution in [2.24, 2.45) is 5.92 Å². The third-order valence-electron chi connectivity index (χ3n) is 2.25. The Hall–Kier alpha value is -0.980. The monoisotopic (exact) mass is 244 g/mol. The average molecular weight is 244 g/mol. The summed E-state index contributed by atoms with van der Waals surface area (Å²) < 4.78 is 26.1. The van der Waals surface area contributed by atoms with Crippen LogP contribution < -0.4 is 4.72 Å². The molecular weight excluding hydrogens is 228 g/mol. The second-order valence-electron chi connectivity index (χ2n) is 3.84. The first kappa shape index (κ1) is 13.1. The largest absolute Gasteiger partial charge is 0.395 e. The molecule has 0 unspecified atom stereocenters. The van der Waals surface area contributed by atoms with Crippen LogP contribution in [0, 0.1) is 5.92 Å². The van der Waals surface area contributed by atoms with E-state index in [1.807, 2.05) is 13.8 Å². The van der Waals surface area contributed by atoms with E-state index in [1.54, 1.807) is 6.07 Å². The summed E-state index contributed by atoms with van der Waals surface area (Å²) in [7, 11) is -3.59. The van der Waals surface area contributed by atoms with Gasteiger partial charge in [-0.3, -0.25) is 4.98 Å². The van der Waals surface area contributed by atoms with E-state index in [2.05, 4.69) is 9.71 Å². The van der Waals surface area contributed by atoms with Crippen molar-refractivity contribution in [3.8, 4) is 0 Å². The minimum absolute atomic E-state index is 0.0245. The topological polar surface area (TPSA) is 79.3 Å². The van der Waals surface area contributed by atoms with Crippen molar-refractivity contribution in [2.45, 2.75) is 24.8 Å². The predicted octanol–water partition coefficient (Wildman–Crippen LogP) is 0.377. The first-order valence-corrected chi connectivity index (χ1v) is 6.49. The fourth-order valence-corrected chi connectivity index (χ4v) is 2.50. The van der Waals surface area contributed by atoms with E-state index in [9.17, 15) is 8.42 Å².